The SMILES string of the molecule is CCC(C(=O)Nc1ccc(Oc2ccccc2)cc1)n1c(=O)cc(C)c2cc(C)cc(C)c21. The molecule has 4 aromatic rings. The Morgan fingerprint density at radius 2 is 1.58 bits per heavy atom. The summed E-state index contributed by atoms with van der Waals surface area (Å²) in [5, 5.41) is 3.97. The average Bonchev–Trinajstić information content (AvgIpc) is 2.78. The van der Waals surface area contributed by atoms with Crippen LogP contribution in [0.1, 0.15) is 36.1 Å². The van der Waals surface area contributed by atoms with Crippen LogP contribution in [0, 0.1) is 20.8 Å². The fourth-order valence-corrected chi connectivity index (χ4v) is 4.27. The maximum atomic E-state index is 13.3. The number of aryl methyl sites for hydroxylation is 3. The van der Waals surface area contributed by atoms with Gasteiger partial charge >= 0.3 is 0 Å². The number of nitrogens with one attached hydrogen (secondary N) is 1. The molecular weight excluding hydrogens is 412 g/mol. The molecule has 0 fully saturated rings. The van der Waals surface area contributed by atoms with Crippen LogP contribution in [0.25, 0.3) is 10.9 Å². The van der Waals surface area contributed by atoms with Crippen molar-refractivity contribution < 1.29 is 9.53 Å². The Labute approximate surface area is 193 Å². The molecule has 1 N–H and O–H groups in total. The molecule has 0 aliphatic heterocycles. The number of amides is 1. The van der Waals surface area contributed by atoms with Gasteiger partial charge in [-0.3, -0.25) is 14.2 Å². The molecule has 4 rings (SSSR count). The quantitative estimate of drug-likeness (QED) is 0.382. The third-order valence-electron chi connectivity index (χ3n) is 5.79. The molecule has 0 aliphatic rings. The Hall–Kier alpha value is -3.86. The van der Waals surface area contributed by atoms with Crippen molar-refractivity contribution in [3.05, 3.63) is 99.8 Å². The number of rotatable bonds is 6. The first kappa shape index (κ1) is 22.3. The Morgan fingerprint density at radius 1 is 0.909 bits per heavy atom. The minimum atomic E-state index is -0.623. The van der Waals surface area contributed by atoms with E-state index in [1.165, 1.54) is 0 Å². The fourth-order valence-electron chi connectivity index (χ4n) is 4.27. The van der Waals surface area contributed by atoms with E-state index in [0.717, 1.165) is 33.3 Å². The summed E-state index contributed by atoms with van der Waals surface area (Å²) in [6.07, 6.45) is 0.492. The van der Waals surface area contributed by atoms with E-state index in [1.807, 2.05) is 76.2 Å². The number of hydrogen-bond donors (Lipinski definition) is 1. The third-order valence-corrected chi connectivity index (χ3v) is 5.79. The zero-order chi connectivity index (χ0) is 23.5. The van der Waals surface area contributed by atoms with Gasteiger partial charge in [0.15, 0.2) is 0 Å². The van der Waals surface area contributed by atoms with Gasteiger partial charge in [0.1, 0.15) is 17.5 Å². The maximum absolute atomic E-state index is 13.3. The number of fused-ring (bicyclic) bond motifs is 1. The fraction of sp³-hybridized carbons (Fsp3) is 0.214. The van der Waals surface area contributed by atoms with Gasteiger partial charge in [0.05, 0.1) is 5.52 Å². The molecule has 1 heterocycles. The number of hydrogen-bond acceptors (Lipinski definition) is 3. The molecule has 5 heteroatoms. The van der Waals surface area contributed by atoms with Gasteiger partial charge in [-0.25, -0.2) is 0 Å². The molecule has 1 aromatic heterocycles. The number of ether oxygens (including phenoxy) is 1. The number of para-hydroxylation sites is 1. The summed E-state index contributed by atoms with van der Waals surface area (Å²) in [6, 6.07) is 21.9. The second-order valence-electron chi connectivity index (χ2n) is 8.37. The Balaban J connectivity index is 1.62. The zero-order valence-electron chi connectivity index (χ0n) is 19.4. The van der Waals surface area contributed by atoms with Crippen LogP contribution in [0.2, 0.25) is 0 Å². The predicted molar refractivity (Wildman–Crippen MR) is 133 cm³/mol. The lowest BCUT2D eigenvalue weighted by atomic mass is 10.0. The summed E-state index contributed by atoms with van der Waals surface area (Å²) in [5.41, 5.74) is 4.33. The topological polar surface area (TPSA) is 60.3 Å². The number of pyridine rings is 1. The van der Waals surface area contributed by atoms with E-state index in [0.29, 0.717) is 17.9 Å². The monoisotopic (exact) mass is 440 g/mol. The van der Waals surface area contributed by atoms with Crippen LogP contribution in [0.3, 0.4) is 0 Å². The van der Waals surface area contributed by atoms with Crippen LogP contribution in [0.4, 0.5) is 5.69 Å². The first-order valence-corrected chi connectivity index (χ1v) is 11.1. The van der Waals surface area contributed by atoms with Gasteiger partial charge in [0.2, 0.25) is 5.91 Å². The number of anilines is 1. The zero-order valence-corrected chi connectivity index (χ0v) is 19.4. The molecule has 1 amide bonds. The molecule has 0 saturated heterocycles. The van der Waals surface area contributed by atoms with Crippen molar-refractivity contribution in [3.8, 4) is 11.5 Å². The summed E-state index contributed by atoms with van der Waals surface area (Å²) >= 11 is 0. The smallest absolute Gasteiger partial charge is 0.252 e. The van der Waals surface area contributed by atoms with Crippen molar-refractivity contribution in [1.29, 1.82) is 0 Å². The second-order valence-corrected chi connectivity index (χ2v) is 8.37. The Morgan fingerprint density at radius 3 is 2.24 bits per heavy atom. The largest absolute Gasteiger partial charge is 0.457 e. The van der Waals surface area contributed by atoms with E-state index in [2.05, 4.69) is 11.4 Å². The molecule has 1 atom stereocenters. The summed E-state index contributed by atoms with van der Waals surface area (Å²) in [7, 11) is 0. The number of nitrogens with zero attached hydrogens (tertiary/aromatic N) is 1. The van der Waals surface area contributed by atoms with Gasteiger partial charge in [-0.1, -0.05) is 36.8 Å². The highest BCUT2D eigenvalue weighted by Crippen LogP contribution is 2.27. The van der Waals surface area contributed by atoms with Gasteiger partial charge in [0.25, 0.3) is 5.56 Å². The number of aromatic nitrogens is 1. The molecule has 0 aliphatic carbocycles. The summed E-state index contributed by atoms with van der Waals surface area (Å²) in [4.78, 5) is 26.3. The van der Waals surface area contributed by atoms with Crippen LogP contribution < -0.4 is 15.6 Å². The molecular formula is C28H28N2O3. The number of carbonyl (C=O) groups excluding carboxylic acids is 1. The molecule has 168 valence electrons. The highest BCUT2D eigenvalue weighted by atomic mass is 16.5. The lowest BCUT2D eigenvalue weighted by molar-refractivity contribution is -0.119. The molecule has 0 saturated carbocycles. The minimum absolute atomic E-state index is 0.166. The molecule has 0 spiro atoms. The van der Waals surface area contributed by atoms with E-state index in [1.54, 1.807) is 22.8 Å². The second kappa shape index (κ2) is 9.33. The van der Waals surface area contributed by atoms with E-state index >= 15 is 0 Å². The van der Waals surface area contributed by atoms with Crippen LogP contribution in [0.15, 0.2) is 77.6 Å². The van der Waals surface area contributed by atoms with Crippen molar-refractivity contribution >= 4 is 22.5 Å². The van der Waals surface area contributed by atoms with Gasteiger partial charge in [-0.05, 0) is 80.8 Å². The summed E-state index contributed by atoms with van der Waals surface area (Å²) < 4.78 is 7.45. The normalized spacial score (nSPS) is 11.9. The minimum Gasteiger partial charge on any atom is -0.457 e. The summed E-state index contributed by atoms with van der Waals surface area (Å²) in [6.45, 7) is 7.88. The van der Waals surface area contributed by atoms with Crippen LogP contribution in [-0.4, -0.2) is 10.5 Å². The van der Waals surface area contributed by atoms with Crippen molar-refractivity contribution in [1.82, 2.24) is 4.57 Å². The van der Waals surface area contributed by atoms with Gasteiger partial charge in [-0.15, -0.1) is 0 Å². The molecule has 1 unspecified atom stereocenters. The molecule has 0 radical (unpaired) electrons. The maximum Gasteiger partial charge on any atom is 0.252 e. The van der Waals surface area contributed by atoms with Gasteiger partial charge in [-0.2, -0.15) is 0 Å². The predicted octanol–water partition coefficient (Wildman–Crippen LogP) is 6.31. The van der Waals surface area contributed by atoms with E-state index in [4.69, 9.17) is 4.74 Å². The van der Waals surface area contributed by atoms with E-state index in [-0.39, 0.29) is 11.5 Å². The van der Waals surface area contributed by atoms with E-state index < -0.39 is 6.04 Å². The van der Waals surface area contributed by atoms with Crippen molar-refractivity contribution in [2.45, 2.75) is 40.2 Å². The first-order valence-electron chi connectivity index (χ1n) is 11.1. The number of benzene rings is 3. The Bertz CT molecular complexity index is 1360. The van der Waals surface area contributed by atoms with Crippen LogP contribution in [-0.2, 0) is 4.79 Å². The molecule has 33 heavy (non-hydrogen) atoms. The van der Waals surface area contributed by atoms with Crippen LogP contribution in [0.5, 0.6) is 11.5 Å². The third kappa shape index (κ3) is 4.67. The van der Waals surface area contributed by atoms with E-state index in [9.17, 15) is 9.59 Å². The summed E-state index contributed by atoms with van der Waals surface area (Å²) in [5.74, 6) is 1.20. The molecule has 0 bridgehead atoms. The van der Waals surface area contributed by atoms with Gasteiger partial charge < -0.3 is 10.1 Å². The average molecular weight is 441 g/mol. The Kier molecular flexibility index (Phi) is 6.31. The van der Waals surface area contributed by atoms with Crippen LogP contribution >= 0.6 is 0 Å². The number of carbonyl (C=O) groups is 1. The lowest BCUT2D eigenvalue weighted by Gasteiger charge is -2.22. The highest BCUT2D eigenvalue weighted by molar-refractivity contribution is 5.95. The van der Waals surface area contributed by atoms with Crippen molar-refractivity contribution in [2.75, 3.05) is 5.32 Å². The standard InChI is InChI=1S/C28H28N2O3/c1-5-25(30-26(31)17-19(3)24-16-18(2)15-20(4)27(24)30)28(32)29-21-11-13-23(14-12-21)33-22-9-7-6-8-10-22/h6-17,25H,5H2,1-4H3,(H,29,32). The molecule has 3 aromatic carbocycles. The first-order chi connectivity index (χ1) is 15.9. The lowest BCUT2D eigenvalue weighted by Crippen LogP contribution is -2.33. The highest BCUT2D eigenvalue weighted by Gasteiger charge is 2.23. The molecule has 5 nitrogen and oxygen atoms in total. The van der Waals surface area contributed by atoms with Gasteiger partial charge in [0, 0.05) is 17.1 Å². The van der Waals surface area contributed by atoms with Crippen molar-refractivity contribution in [2.24, 2.45) is 0 Å². The van der Waals surface area contributed by atoms with Crippen molar-refractivity contribution in [3.63, 3.8) is 0 Å².